The molecule has 3 heterocycles. The topological polar surface area (TPSA) is 25.2 Å². The highest BCUT2D eigenvalue weighted by Crippen LogP contribution is 2.32. The average Bonchev–Trinajstić information content (AvgIpc) is 2.98. The maximum Gasteiger partial charge on any atom is 0.134 e. The maximum atomic E-state index is 6.08. The molecule has 0 saturated carbocycles. The monoisotopic (exact) mass is 317 g/mol. The van der Waals surface area contributed by atoms with E-state index in [1.54, 1.807) is 11.1 Å². The summed E-state index contributed by atoms with van der Waals surface area (Å²) in [5.41, 5.74) is 4.11. The number of fused-ring (bicyclic) bond motifs is 3. The molecule has 2 aliphatic heterocycles. The number of benzene rings is 2. The number of nitrogens with one attached hydrogen (secondary N) is 1. The Kier molecular flexibility index (Phi) is 3.45. The van der Waals surface area contributed by atoms with Crippen molar-refractivity contribution in [3.8, 4) is 0 Å². The fraction of sp³-hybridized carbons (Fsp3) is 0.364. The lowest BCUT2D eigenvalue weighted by molar-refractivity contribution is 0.211. The van der Waals surface area contributed by atoms with E-state index in [1.165, 1.54) is 31.1 Å². The van der Waals surface area contributed by atoms with Crippen molar-refractivity contribution in [3.63, 3.8) is 0 Å². The number of hydrogen-bond acceptors (Lipinski definition) is 2. The third-order valence-corrected chi connectivity index (χ3v) is 5.87. The molecule has 0 radical (unpaired) electrons. The van der Waals surface area contributed by atoms with Gasteiger partial charge in [0.15, 0.2) is 0 Å². The molecule has 122 valence electrons. The minimum absolute atomic E-state index is 0.526. The van der Waals surface area contributed by atoms with Gasteiger partial charge in [0.1, 0.15) is 11.3 Å². The minimum Gasteiger partial charge on any atom is -0.461 e. The van der Waals surface area contributed by atoms with Crippen LogP contribution in [0.1, 0.15) is 29.7 Å². The Hall–Kier alpha value is -2.06. The molecule has 2 aromatic carbocycles. The molecule has 6 rings (SSSR count). The Morgan fingerprint density at radius 1 is 0.917 bits per heavy atom. The SMILES string of the molecule is c1ccc2c(c1)CC1CCC(C2)C(Cc2cc3ccccc3o2)N1. The lowest BCUT2D eigenvalue weighted by Gasteiger charge is -2.40. The van der Waals surface area contributed by atoms with E-state index >= 15 is 0 Å². The first-order chi connectivity index (χ1) is 11.8. The molecule has 24 heavy (non-hydrogen) atoms. The van der Waals surface area contributed by atoms with Crippen molar-refractivity contribution < 1.29 is 4.42 Å². The third kappa shape index (κ3) is 2.55. The van der Waals surface area contributed by atoms with Crippen LogP contribution < -0.4 is 5.32 Å². The standard InChI is InChI=1S/C22H23NO/c1-2-6-16-12-19-10-9-17(11-15(16)5-1)21(23-19)14-20-13-18-7-3-4-8-22(18)24-20/h1-8,13,17,19,21,23H,9-12,14H2. The molecule has 0 spiro atoms. The Labute approximate surface area is 142 Å². The van der Waals surface area contributed by atoms with E-state index in [0.29, 0.717) is 18.0 Å². The summed E-state index contributed by atoms with van der Waals surface area (Å²) in [5, 5.41) is 5.15. The highest BCUT2D eigenvalue weighted by molar-refractivity contribution is 5.77. The maximum absolute atomic E-state index is 6.08. The molecule has 2 nitrogen and oxygen atoms in total. The van der Waals surface area contributed by atoms with Crippen LogP contribution in [0.5, 0.6) is 0 Å². The van der Waals surface area contributed by atoms with Crippen molar-refractivity contribution in [2.75, 3.05) is 0 Å². The van der Waals surface area contributed by atoms with Crippen LogP contribution in [-0.2, 0) is 19.3 Å². The Morgan fingerprint density at radius 2 is 1.71 bits per heavy atom. The van der Waals surface area contributed by atoms with E-state index in [2.05, 4.69) is 53.8 Å². The van der Waals surface area contributed by atoms with Gasteiger partial charge in [0.2, 0.25) is 0 Å². The quantitative estimate of drug-likeness (QED) is 0.752. The van der Waals surface area contributed by atoms with Gasteiger partial charge in [-0.15, -0.1) is 0 Å². The number of para-hydroxylation sites is 1. The first kappa shape index (κ1) is 14.3. The van der Waals surface area contributed by atoms with Crippen LogP contribution in [0.4, 0.5) is 0 Å². The molecule has 2 heteroatoms. The summed E-state index contributed by atoms with van der Waals surface area (Å²) in [7, 11) is 0. The van der Waals surface area contributed by atoms with E-state index in [9.17, 15) is 0 Å². The summed E-state index contributed by atoms with van der Waals surface area (Å²) in [5.74, 6) is 1.82. The van der Waals surface area contributed by atoms with Crippen molar-refractivity contribution in [1.82, 2.24) is 5.32 Å². The van der Waals surface area contributed by atoms with Crippen molar-refractivity contribution in [1.29, 1.82) is 0 Å². The second kappa shape index (κ2) is 5.78. The summed E-state index contributed by atoms with van der Waals surface area (Å²) >= 11 is 0. The summed E-state index contributed by atoms with van der Waals surface area (Å²) in [6, 6.07) is 20.7. The molecule has 0 amide bonds. The van der Waals surface area contributed by atoms with Gasteiger partial charge in [0.05, 0.1) is 0 Å². The lowest BCUT2D eigenvalue weighted by atomic mass is 9.76. The normalized spacial score (nSPS) is 26.1. The van der Waals surface area contributed by atoms with Crippen molar-refractivity contribution in [3.05, 3.63) is 71.5 Å². The molecule has 3 unspecified atom stereocenters. The Bertz CT molecular complexity index is 832. The van der Waals surface area contributed by atoms with E-state index in [0.717, 1.165) is 17.8 Å². The smallest absolute Gasteiger partial charge is 0.134 e. The van der Waals surface area contributed by atoms with Crippen LogP contribution in [0.2, 0.25) is 0 Å². The summed E-state index contributed by atoms with van der Waals surface area (Å²) in [4.78, 5) is 0. The largest absolute Gasteiger partial charge is 0.461 e. The number of piperidine rings is 1. The third-order valence-electron chi connectivity index (χ3n) is 5.87. The van der Waals surface area contributed by atoms with Crippen LogP contribution in [-0.4, -0.2) is 12.1 Å². The van der Waals surface area contributed by atoms with E-state index < -0.39 is 0 Å². The van der Waals surface area contributed by atoms with Gasteiger partial charge >= 0.3 is 0 Å². The van der Waals surface area contributed by atoms with Crippen molar-refractivity contribution >= 4 is 11.0 Å². The predicted octanol–water partition coefficient (Wildman–Crippen LogP) is 4.51. The molecular weight excluding hydrogens is 294 g/mol. The number of hydrogen-bond donors (Lipinski definition) is 1. The minimum atomic E-state index is 0.526. The molecule has 2 bridgehead atoms. The molecule has 3 aromatic rings. The zero-order valence-electron chi connectivity index (χ0n) is 13.9. The van der Waals surface area contributed by atoms with Crippen LogP contribution >= 0.6 is 0 Å². The number of rotatable bonds is 2. The second-order valence-electron chi connectivity index (χ2n) is 7.44. The van der Waals surface area contributed by atoms with Gasteiger partial charge in [0, 0.05) is 23.9 Å². The van der Waals surface area contributed by atoms with Gasteiger partial charge in [-0.05, 0) is 54.9 Å². The summed E-state index contributed by atoms with van der Waals surface area (Å²) < 4.78 is 6.08. The zero-order chi connectivity index (χ0) is 15.9. The fourth-order valence-electron chi connectivity index (χ4n) is 4.63. The lowest BCUT2D eigenvalue weighted by Crippen LogP contribution is -2.51. The molecule has 3 atom stereocenters. The van der Waals surface area contributed by atoms with Gasteiger partial charge in [-0.1, -0.05) is 42.5 Å². The molecular formula is C22H23NO. The van der Waals surface area contributed by atoms with Gasteiger partial charge in [-0.25, -0.2) is 0 Å². The Morgan fingerprint density at radius 3 is 2.58 bits per heavy atom. The van der Waals surface area contributed by atoms with Gasteiger partial charge < -0.3 is 9.73 Å². The molecule has 1 aliphatic carbocycles. The van der Waals surface area contributed by atoms with E-state index in [-0.39, 0.29) is 0 Å². The van der Waals surface area contributed by atoms with Gasteiger partial charge in [-0.2, -0.15) is 0 Å². The molecule has 1 aromatic heterocycles. The highest BCUT2D eigenvalue weighted by atomic mass is 16.3. The van der Waals surface area contributed by atoms with Gasteiger partial charge in [-0.3, -0.25) is 0 Å². The van der Waals surface area contributed by atoms with E-state index in [4.69, 9.17) is 4.42 Å². The predicted molar refractivity (Wildman–Crippen MR) is 97.2 cm³/mol. The zero-order valence-corrected chi connectivity index (χ0v) is 13.9. The average molecular weight is 317 g/mol. The summed E-state index contributed by atoms with van der Waals surface area (Å²) in [6.07, 6.45) is 5.99. The van der Waals surface area contributed by atoms with Crippen LogP contribution in [0.15, 0.2) is 59.0 Å². The fourth-order valence-corrected chi connectivity index (χ4v) is 4.63. The highest BCUT2D eigenvalue weighted by Gasteiger charge is 2.33. The van der Waals surface area contributed by atoms with Gasteiger partial charge in [0.25, 0.3) is 0 Å². The van der Waals surface area contributed by atoms with Crippen molar-refractivity contribution in [2.24, 2.45) is 5.92 Å². The molecule has 1 fully saturated rings. The molecule has 3 aliphatic rings. The van der Waals surface area contributed by atoms with Crippen molar-refractivity contribution in [2.45, 2.75) is 44.2 Å². The molecule has 1 N–H and O–H groups in total. The second-order valence-corrected chi connectivity index (χ2v) is 7.44. The number of furan rings is 1. The first-order valence-electron chi connectivity index (χ1n) is 9.15. The first-order valence-corrected chi connectivity index (χ1v) is 9.15. The van der Waals surface area contributed by atoms with E-state index in [1.807, 2.05) is 6.07 Å². The Balaban J connectivity index is 1.43. The van der Waals surface area contributed by atoms with Crippen LogP contribution in [0.3, 0.4) is 0 Å². The summed E-state index contributed by atoms with van der Waals surface area (Å²) in [6.45, 7) is 0. The van der Waals surface area contributed by atoms with Crippen LogP contribution in [0, 0.1) is 5.92 Å². The molecule has 1 saturated heterocycles. The van der Waals surface area contributed by atoms with Crippen LogP contribution in [0.25, 0.3) is 11.0 Å².